The molecule has 0 bridgehead atoms. The van der Waals surface area contributed by atoms with E-state index >= 15 is 0 Å². The first-order valence-electron chi connectivity index (χ1n) is 7.93. The standard InChI is InChI=1S/C17H22FN3OS/c1-13(22)10-20-6-8-21(9-7-20)11-16-12-23-17(19-16)14-2-4-15(18)5-3-14/h2-5,12-13,22H,6-11H2,1H3/t13-/m0/s1. The Labute approximate surface area is 140 Å². The van der Waals surface area contributed by atoms with Gasteiger partial charge in [-0.3, -0.25) is 9.80 Å². The van der Waals surface area contributed by atoms with Crippen molar-refractivity contribution >= 4 is 11.3 Å². The molecule has 1 aliphatic heterocycles. The normalized spacial score (nSPS) is 18.2. The fourth-order valence-electron chi connectivity index (χ4n) is 2.84. The highest BCUT2D eigenvalue weighted by atomic mass is 32.1. The lowest BCUT2D eigenvalue weighted by molar-refractivity contribution is 0.0777. The number of thiazole rings is 1. The molecule has 4 nitrogen and oxygen atoms in total. The van der Waals surface area contributed by atoms with Gasteiger partial charge in [-0.15, -0.1) is 11.3 Å². The van der Waals surface area contributed by atoms with Crippen LogP contribution in [-0.4, -0.2) is 58.7 Å². The number of hydrogen-bond donors (Lipinski definition) is 1. The Bertz CT molecular complexity index is 621. The van der Waals surface area contributed by atoms with Crippen LogP contribution in [0.5, 0.6) is 0 Å². The molecule has 1 N–H and O–H groups in total. The molecule has 2 aromatic rings. The molecule has 0 unspecified atom stereocenters. The lowest BCUT2D eigenvalue weighted by Crippen LogP contribution is -2.47. The monoisotopic (exact) mass is 335 g/mol. The Morgan fingerprint density at radius 2 is 1.83 bits per heavy atom. The van der Waals surface area contributed by atoms with Gasteiger partial charge in [0.1, 0.15) is 10.8 Å². The van der Waals surface area contributed by atoms with E-state index in [9.17, 15) is 9.50 Å². The van der Waals surface area contributed by atoms with Crippen molar-refractivity contribution in [1.82, 2.24) is 14.8 Å². The Kier molecular flexibility index (Phi) is 5.38. The fraction of sp³-hybridized carbons (Fsp3) is 0.471. The van der Waals surface area contributed by atoms with Crippen molar-refractivity contribution in [3.05, 3.63) is 41.2 Å². The first-order chi connectivity index (χ1) is 11.1. The zero-order valence-corrected chi connectivity index (χ0v) is 14.1. The van der Waals surface area contributed by atoms with E-state index in [2.05, 4.69) is 20.2 Å². The van der Waals surface area contributed by atoms with Crippen LogP contribution < -0.4 is 0 Å². The number of aliphatic hydroxyl groups is 1. The molecular formula is C17H22FN3OS. The second kappa shape index (κ2) is 7.49. The van der Waals surface area contributed by atoms with Crippen molar-refractivity contribution in [2.24, 2.45) is 0 Å². The van der Waals surface area contributed by atoms with Crippen molar-refractivity contribution in [3.63, 3.8) is 0 Å². The lowest BCUT2D eigenvalue weighted by Gasteiger charge is -2.34. The SMILES string of the molecule is C[C@H](O)CN1CCN(Cc2csc(-c3ccc(F)cc3)n2)CC1. The number of hydrogen-bond acceptors (Lipinski definition) is 5. The summed E-state index contributed by atoms with van der Waals surface area (Å²) in [6.07, 6.45) is -0.265. The summed E-state index contributed by atoms with van der Waals surface area (Å²) in [6.45, 7) is 7.39. The van der Waals surface area contributed by atoms with Crippen molar-refractivity contribution < 1.29 is 9.50 Å². The number of nitrogens with zero attached hydrogens (tertiary/aromatic N) is 3. The van der Waals surface area contributed by atoms with Crippen molar-refractivity contribution in [1.29, 1.82) is 0 Å². The van der Waals surface area contributed by atoms with Crippen LogP contribution in [0.15, 0.2) is 29.6 Å². The van der Waals surface area contributed by atoms with Gasteiger partial charge in [-0.2, -0.15) is 0 Å². The minimum atomic E-state index is -0.265. The second-order valence-corrected chi connectivity index (χ2v) is 6.93. The molecule has 1 aromatic carbocycles. The van der Waals surface area contributed by atoms with E-state index in [1.807, 2.05) is 6.92 Å². The highest BCUT2D eigenvalue weighted by Gasteiger charge is 2.18. The van der Waals surface area contributed by atoms with Gasteiger partial charge in [0, 0.05) is 50.2 Å². The summed E-state index contributed by atoms with van der Waals surface area (Å²) in [5, 5.41) is 12.5. The van der Waals surface area contributed by atoms with Crippen LogP contribution in [-0.2, 0) is 6.54 Å². The molecular weight excluding hydrogens is 313 g/mol. The molecule has 23 heavy (non-hydrogen) atoms. The molecule has 1 fully saturated rings. The summed E-state index contributed by atoms with van der Waals surface area (Å²) in [5.74, 6) is -0.222. The molecule has 3 rings (SSSR count). The quantitative estimate of drug-likeness (QED) is 0.911. The molecule has 0 amide bonds. The van der Waals surface area contributed by atoms with Crippen molar-refractivity contribution in [3.8, 4) is 10.6 Å². The van der Waals surface area contributed by atoms with E-state index in [-0.39, 0.29) is 11.9 Å². The summed E-state index contributed by atoms with van der Waals surface area (Å²) in [6, 6.07) is 6.48. The molecule has 0 radical (unpaired) electrons. The maximum absolute atomic E-state index is 13.0. The van der Waals surface area contributed by atoms with Crippen molar-refractivity contribution in [2.75, 3.05) is 32.7 Å². The number of aliphatic hydroxyl groups excluding tert-OH is 1. The largest absolute Gasteiger partial charge is 0.392 e. The second-order valence-electron chi connectivity index (χ2n) is 6.08. The topological polar surface area (TPSA) is 39.6 Å². The van der Waals surface area contributed by atoms with Gasteiger partial charge in [0.2, 0.25) is 0 Å². The highest BCUT2D eigenvalue weighted by Crippen LogP contribution is 2.24. The van der Waals surface area contributed by atoms with E-state index in [1.54, 1.807) is 23.5 Å². The van der Waals surface area contributed by atoms with Crippen LogP contribution in [0.4, 0.5) is 4.39 Å². The molecule has 6 heteroatoms. The fourth-order valence-corrected chi connectivity index (χ4v) is 3.65. The van der Waals surface area contributed by atoms with Crippen LogP contribution >= 0.6 is 11.3 Å². The first kappa shape index (κ1) is 16.5. The third kappa shape index (κ3) is 4.57. The van der Waals surface area contributed by atoms with Gasteiger partial charge in [-0.1, -0.05) is 0 Å². The number of piperazine rings is 1. The Morgan fingerprint density at radius 1 is 1.17 bits per heavy atom. The van der Waals surface area contributed by atoms with E-state index in [1.165, 1.54) is 12.1 Å². The maximum atomic E-state index is 13.0. The summed E-state index contributed by atoms with van der Waals surface area (Å²) < 4.78 is 13.0. The van der Waals surface area contributed by atoms with Gasteiger partial charge in [-0.25, -0.2) is 9.37 Å². The molecule has 0 saturated carbocycles. The number of halogens is 1. The zero-order valence-electron chi connectivity index (χ0n) is 13.3. The lowest BCUT2D eigenvalue weighted by atomic mass is 10.2. The summed E-state index contributed by atoms with van der Waals surface area (Å²) in [5.41, 5.74) is 2.03. The maximum Gasteiger partial charge on any atom is 0.123 e. The molecule has 1 saturated heterocycles. The number of rotatable bonds is 5. The first-order valence-corrected chi connectivity index (χ1v) is 8.81. The Balaban J connectivity index is 1.55. The number of aromatic nitrogens is 1. The third-order valence-electron chi connectivity index (χ3n) is 4.02. The smallest absolute Gasteiger partial charge is 0.123 e. The Hall–Kier alpha value is -1.34. The molecule has 0 spiro atoms. The Morgan fingerprint density at radius 3 is 2.48 bits per heavy atom. The zero-order chi connectivity index (χ0) is 16.2. The van der Waals surface area contributed by atoms with Gasteiger partial charge < -0.3 is 5.11 Å². The van der Waals surface area contributed by atoms with E-state index in [0.717, 1.165) is 55.5 Å². The van der Waals surface area contributed by atoms with Gasteiger partial charge in [0.05, 0.1) is 11.8 Å². The number of β-amino-alcohol motifs (C(OH)–C–C–N with tert-alkyl or cyclic N) is 1. The van der Waals surface area contributed by atoms with Crippen molar-refractivity contribution in [2.45, 2.75) is 19.6 Å². The number of benzene rings is 1. The average molecular weight is 335 g/mol. The molecule has 2 heterocycles. The molecule has 1 aromatic heterocycles. The van der Waals surface area contributed by atoms with E-state index < -0.39 is 0 Å². The summed E-state index contributed by atoms with van der Waals surface area (Å²) >= 11 is 1.60. The molecule has 0 aliphatic carbocycles. The predicted octanol–water partition coefficient (Wildman–Crippen LogP) is 2.45. The van der Waals surface area contributed by atoms with Gasteiger partial charge in [-0.05, 0) is 31.2 Å². The summed E-state index contributed by atoms with van der Waals surface area (Å²) in [4.78, 5) is 9.36. The van der Waals surface area contributed by atoms with Gasteiger partial charge >= 0.3 is 0 Å². The van der Waals surface area contributed by atoms with Crippen LogP contribution in [0.2, 0.25) is 0 Å². The van der Waals surface area contributed by atoms with Gasteiger partial charge in [0.15, 0.2) is 0 Å². The minimum absolute atomic E-state index is 0.222. The van der Waals surface area contributed by atoms with Gasteiger partial charge in [0.25, 0.3) is 0 Å². The predicted molar refractivity (Wildman–Crippen MR) is 90.9 cm³/mol. The highest BCUT2D eigenvalue weighted by molar-refractivity contribution is 7.13. The molecule has 1 aliphatic rings. The molecule has 1 atom stereocenters. The van der Waals surface area contributed by atoms with Crippen LogP contribution in [0, 0.1) is 5.82 Å². The average Bonchev–Trinajstić information content (AvgIpc) is 2.98. The molecule has 124 valence electrons. The van der Waals surface area contributed by atoms with Crippen LogP contribution in [0.3, 0.4) is 0 Å². The van der Waals surface area contributed by atoms with Crippen LogP contribution in [0.25, 0.3) is 10.6 Å². The third-order valence-corrected chi connectivity index (χ3v) is 4.96. The summed E-state index contributed by atoms with van der Waals surface area (Å²) in [7, 11) is 0. The minimum Gasteiger partial charge on any atom is -0.392 e. The van der Waals surface area contributed by atoms with Crippen LogP contribution in [0.1, 0.15) is 12.6 Å². The van der Waals surface area contributed by atoms with E-state index in [4.69, 9.17) is 0 Å². The van der Waals surface area contributed by atoms with E-state index in [0.29, 0.717) is 0 Å².